The molecule has 0 heterocycles. The molecule has 0 aliphatic carbocycles. The highest BCUT2D eigenvalue weighted by Crippen LogP contribution is 2.06. The Bertz CT molecular complexity index is 154. The molecule has 0 bridgehead atoms. The quantitative estimate of drug-likeness (QED) is 0.542. The first-order chi connectivity index (χ1) is 4.72. The van der Waals surface area contributed by atoms with Gasteiger partial charge in [-0.05, 0) is 12.5 Å². The predicted molar refractivity (Wildman–Crippen MR) is 45.0 cm³/mol. The van der Waals surface area contributed by atoms with E-state index in [0.717, 1.165) is 11.1 Å². The minimum Gasteiger partial charge on any atom is -0.380 e. The van der Waals surface area contributed by atoms with Crippen LogP contribution in [0.15, 0.2) is 36.5 Å². The molecule has 56 valence electrons. The van der Waals surface area contributed by atoms with Gasteiger partial charge in [0.25, 0.3) is 0 Å². The molecule has 0 aromatic heterocycles. The Kier molecular flexibility index (Phi) is 4.59. The minimum atomic E-state index is 0.612. The van der Waals surface area contributed by atoms with Gasteiger partial charge in [-0.3, -0.25) is 0 Å². The first-order valence-corrected chi connectivity index (χ1v) is 3.18. The monoisotopic (exact) mass is 138 g/mol. The molecular weight excluding hydrogens is 124 g/mol. The highest BCUT2D eigenvalue weighted by Gasteiger charge is 1.93. The van der Waals surface area contributed by atoms with Gasteiger partial charge in [0.2, 0.25) is 0 Å². The maximum Gasteiger partial charge on any atom is 0.0715 e. The van der Waals surface area contributed by atoms with Gasteiger partial charge in [0.05, 0.1) is 6.61 Å². The molecule has 0 aromatic rings. The van der Waals surface area contributed by atoms with Crippen LogP contribution in [0.3, 0.4) is 0 Å². The van der Waals surface area contributed by atoms with Gasteiger partial charge in [-0.2, -0.15) is 0 Å². The third-order valence-corrected chi connectivity index (χ3v) is 1.17. The Labute approximate surface area is 62.7 Å². The first-order valence-electron chi connectivity index (χ1n) is 3.18. The summed E-state index contributed by atoms with van der Waals surface area (Å²) in [5, 5.41) is 0. The summed E-state index contributed by atoms with van der Waals surface area (Å²) in [4.78, 5) is 0. The van der Waals surface area contributed by atoms with Gasteiger partial charge >= 0.3 is 0 Å². The summed E-state index contributed by atoms with van der Waals surface area (Å²) >= 11 is 0. The normalized spacial score (nSPS) is 11.2. The van der Waals surface area contributed by atoms with Gasteiger partial charge in [-0.1, -0.05) is 30.9 Å². The lowest BCUT2D eigenvalue weighted by molar-refractivity contribution is 0.227. The molecule has 0 saturated carbocycles. The van der Waals surface area contributed by atoms with Gasteiger partial charge in [0, 0.05) is 7.11 Å². The number of ether oxygens (including phenoxy) is 1. The molecule has 0 N–H and O–H groups in total. The molecule has 10 heavy (non-hydrogen) atoms. The third-order valence-electron chi connectivity index (χ3n) is 1.17. The fraction of sp³-hybridized carbons (Fsp3) is 0.333. The molecule has 0 amide bonds. The lowest BCUT2D eigenvalue weighted by atomic mass is 10.1. The van der Waals surface area contributed by atoms with Crippen LogP contribution in [-0.4, -0.2) is 13.7 Å². The van der Waals surface area contributed by atoms with Crippen molar-refractivity contribution in [3.05, 3.63) is 36.5 Å². The van der Waals surface area contributed by atoms with Crippen molar-refractivity contribution in [1.29, 1.82) is 0 Å². The SMILES string of the molecule is C=C/C=C(/COC)C(=C)C. The maximum atomic E-state index is 4.94. The van der Waals surface area contributed by atoms with Crippen molar-refractivity contribution in [3.63, 3.8) is 0 Å². The van der Waals surface area contributed by atoms with Crippen molar-refractivity contribution >= 4 is 0 Å². The Balaban J connectivity index is 4.11. The molecule has 0 aliphatic heterocycles. The van der Waals surface area contributed by atoms with E-state index in [2.05, 4.69) is 13.2 Å². The van der Waals surface area contributed by atoms with Gasteiger partial charge in [-0.15, -0.1) is 0 Å². The second-order valence-corrected chi connectivity index (χ2v) is 2.14. The van der Waals surface area contributed by atoms with Gasteiger partial charge in [0.1, 0.15) is 0 Å². The Morgan fingerprint density at radius 3 is 2.50 bits per heavy atom. The summed E-state index contributed by atoms with van der Waals surface area (Å²) in [6, 6.07) is 0. The molecule has 1 nitrogen and oxygen atoms in total. The topological polar surface area (TPSA) is 9.23 Å². The first kappa shape index (κ1) is 9.18. The Morgan fingerprint density at radius 1 is 1.60 bits per heavy atom. The molecule has 1 heteroatoms. The fourth-order valence-electron chi connectivity index (χ4n) is 0.611. The second-order valence-electron chi connectivity index (χ2n) is 2.14. The summed E-state index contributed by atoms with van der Waals surface area (Å²) in [6.07, 6.45) is 3.65. The smallest absolute Gasteiger partial charge is 0.0715 e. The van der Waals surface area contributed by atoms with E-state index in [9.17, 15) is 0 Å². The Morgan fingerprint density at radius 2 is 2.20 bits per heavy atom. The van der Waals surface area contributed by atoms with E-state index in [4.69, 9.17) is 4.74 Å². The van der Waals surface area contributed by atoms with Crippen molar-refractivity contribution < 1.29 is 4.74 Å². The zero-order chi connectivity index (χ0) is 7.98. The lowest BCUT2D eigenvalue weighted by Gasteiger charge is -2.02. The van der Waals surface area contributed by atoms with Crippen LogP contribution in [0.1, 0.15) is 6.92 Å². The zero-order valence-electron chi connectivity index (χ0n) is 6.68. The molecule has 0 aliphatic rings. The zero-order valence-corrected chi connectivity index (χ0v) is 6.68. The third kappa shape index (κ3) is 3.25. The van der Waals surface area contributed by atoms with Crippen LogP contribution in [0.4, 0.5) is 0 Å². The van der Waals surface area contributed by atoms with Crippen molar-refractivity contribution in [2.45, 2.75) is 6.92 Å². The number of hydrogen-bond donors (Lipinski definition) is 0. The van der Waals surface area contributed by atoms with Crippen LogP contribution in [0.2, 0.25) is 0 Å². The minimum absolute atomic E-state index is 0.612. The van der Waals surface area contributed by atoms with Crippen molar-refractivity contribution in [3.8, 4) is 0 Å². The summed E-state index contributed by atoms with van der Waals surface area (Å²) in [5.74, 6) is 0. The molecule has 0 unspecified atom stereocenters. The molecule has 0 aromatic carbocycles. The van der Waals surface area contributed by atoms with E-state index in [-0.39, 0.29) is 0 Å². The van der Waals surface area contributed by atoms with Crippen LogP contribution in [0.25, 0.3) is 0 Å². The van der Waals surface area contributed by atoms with E-state index < -0.39 is 0 Å². The Hall–Kier alpha value is -0.820. The average Bonchev–Trinajstić information content (AvgIpc) is 1.87. The van der Waals surface area contributed by atoms with E-state index >= 15 is 0 Å². The van der Waals surface area contributed by atoms with E-state index in [1.165, 1.54) is 0 Å². The second kappa shape index (κ2) is 5.00. The number of rotatable bonds is 4. The van der Waals surface area contributed by atoms with Crippen LogP contribution in [0.5, 0.6) is 0 Å². The van der Waals surface area contributed by atoms with Gasteiger partial charge in [0.15, 0.2) is 0 Å². The summed E-state index contributed by atoms with van der Waals surface area (Å²) in [7, 11) is 1.67. The van der Waals surface area contributed by atoms with E-state index in [1.807, 2.05) is 13.0 Å². The summed E-state index contributed by atoms with van der Waals surface area (Å²) < 4.78 is 4.94. The van der Waals surface area contributed by atoms with Crippen LogP contribution in [-0.2, 0) is 4.74 Å². The average molecular weight is 138 g/mol. The van der Waals surface area contributed by atoms with E-state index in [1.54, 1.807) is 13.2 Å². The molecule has 0 atom stereocenters. The van der Waals surface area contributed by atoms with Crippen LogP contribution in [0, 0.1) is 0 Å². The molecule has 0 radical (unpaired) electrons. The number of allylic oxidation sites excluding steroid dienone is 2. The highest BCUT2D eigenvalue weighted by molar-refractivity contribution is 5.29. The largest absolute Gasteiger partial charge is 0.380 e. The van der Waals surface area contributed by atoms with Crippen molar-refractivity contribution in [2.75, 3.05) is 13.7 Å². The number of hydrogen-bond acceptors (Lipinski definition) is 1. The summed E-state index contributed by atoms with van der Waals surface area (Å²) in [5.41, 5.74) is 2.12. The standard InChI is InChI=1S/C9H14O/c1-5-6-9(7-10-4)8(2)3/h5-6H,1-2,7H2,3-4H3/b9-6-. The fourth-order valence-corrected chi connectivity index (χ4v) is 0.611. The molecule has 0 spiro atoms. The van der Waals surface area contributed by atoms with Crippen LogP contribution >= 0.6 is 0 Å². The molecule has 0 fully saturated rings. The summed E-state index contributed by atoms with van der Waals surface area (Å²) in [6.45, 7) is 9.95. The number of methoxy groups -OCH3 is 1. The van der Waals surface area contributed by atoms with Gasteiger partial charge < -0.3 is 4.74 Å². The molecule has 0 rings (SSSR count). The highest BCUT2D eigenvalue weighted by atomic mass is 16.5. The van der Waals surface area contributed by atoms with E-state index in [0.29, 0.717) is 6.61 Å². The van der Waals surface area contributed by atoms with Crippen LogP contribution < -0.4 is 0 Å². The van der Waals surface area contributed by atoms with Gasteiger partial charge in [-0.25, -0.2) is 0 Å². The lowest BCUT2D eigenvalue weighted by Crippen LogP contribution is -1.94. The predicted octanol–water partition coefficient (Wildman–Crippen LogP) is 2.32. The van der Waals surface area contributed by atoms with Crippen molar-refractivity contribution in [2.24, 2.45) is 0 Å². The maximum absolute atomic E-state index is 4.94. The molecule has 0 saturated heterocycles. The van der Waals surface area contributed by atoms with Crippen molar-refractivity contribution in [1.82, 2.24) is 0 Å². The molecular formula is C9H14O.